The molecule has 0 radical (unpaired) electrons. The summed E-state index contributed by atoms with van der Waals surface area (Å²) in [4.78, 5) is 18.1. The summed E-state index contributed by atoms with van der Waals surface area (Å²) in [5.41, 5.74) is -0.583. The van der Waals surface area contributed by atoms with Crippen LogP contribution in [0, 0.1) is 5.82 Å². The predicted octanol–water partition coefficient (Wildman–Crippen LogP) is 3.09. The van der Waals surface area contributed by atoms with Crippen LogP contribution in [0.5, 0.6) is 0 Å². The van der Waals surface area contributed by atoms with Gasteiger partial charge in [0.15, 0.2) is 11.0 Å². The Morgan fingerprint density at radius 3 is 2.75 bits per heavy atom. The van der Waals surface area contributed by atoms with E-state index in [1.165, 1.54) is 17.8 Å². The van der Waals surface area contributed by atoms with E-state index in [0.29, 0.717) is 5.16 Å². The number of halogens is 3. The van der Waals surface area contributed by atoms with Gasteiger partial charge in [0.1, 0.15) is 5.52 Å². The fourth-order valence-corrected chi connectivity index (χ4v) is 2.21. The van der Waals surface area contributed by atoms with Gasteiger partial charge >= 0.3 is 0 Å². The predicted molar refractivity (Wildman–Crippen MR) is 64.1 cm³/mol. The molecule has 0 amide bonds. The van der Waals surface area contributed by atoms with Crippen LogP contribution in [0.2, 0.25) is 10.0 Å². The standard InChI is InChI=1S/C9H5Cl2FN2OS/c1-16-9-13-7-5(8(15)14-9)3(10)2-4(11)6(7)12/h2H,1H3,(H,13,14,15). The van der Waals surface area contributed by atoms with E-state index >= 15 is 0 Å². The number of fused-ring (bicyclic) bond motifs is 1. The van der Waals surface area contributed by atoms with E-state index in [0.717, 1.165) is 0 Å². The topological polar surface area (TPSA) is 45.8 Å². The Kier molecular flexibility index (Phi) is 3.10. The van der Waals surface area contributed by atoms with Gasteiger partial charge in [-0.2, -0.15) is 0 Å². The molecule has 0 saturated carbocycles. The van der Waals surface area contributed by atoms with Crippen molar-refractivity contribution in [1.82, 2.24) is 9.97 Å². The molecule has 84 valence electrons. The van der Waals surface area contributed by atoms with Crippen molar-refractivity contribution in [2.75, 3.05) is 6.26 Å². The molecule has 0 bridgehead atoms. The molecule has 0 atom stereocenters. The van der Waals surface area contributed by atoms with Gasteiger partial charge in [-0.1, -0.05) is 35.0 Å². The molecule has 0 saturated heterocycles. The molecule has 0 aliphatic heterocycles. The van der Waals surface area contributed by atoms with Crippen molar-refractivity contribution in [2.45, 2.75) is 5.16 Å². The van der Waals surface area contributed by atoms with Crippen molar-refractivity contribution >= 4 is 45.9 Å². The third-order valence-corrected chi connectivity index (χ3v) is 3.15. The summed E-state index contributed by atoms with van der Waals surface area (Å²) >= 11 is 12.6. The zero-order valence-corrected chi connectivity index (χ0v) is 10.3. The lowest BCUT2D eigenvalue weighted by atomic mass is 10.2. The van der Waals surface area contributed by atoms with Crippen LogP contribution in [-0.4, -0.2) is 16.2 Å². The molecule has 1 heterocycles. The number of hydrogen-bond acceptors (Lipinski definition) is 3. The number of benzene rings is 1. The van der Waals surface area contributed by atoms with Gasteiger partial charge in [0.05, 0.1) is 15.4 Å². The number of thioether (sulfide) groups is 1. The lowest BCUT2D eigenvalue weighted by Gasteiger charge is -2.04. The van der Waals surface area contributed by atoms with Gasteiger partial charge in [0.25, 0.3) is 5.56 Å². The number of hydrogen-bond donors (Lipinski definition) is 1. The minimum Gasteiger partial charge on any atom is -0.301 e. The maximum absolute atomic E-state index is 13.7. The number of nitrogens with zero attached hydrogens (tertiary/aromatic N) is 1. The summed E-state index contributed by atoms with van der Waals surface area (Å²) in [5.74, 6) is -0.734. The molecular formula is C9H5Cl2FN2OS. The molecule has 2 aromatic rings. The molecule has 0 unspecified atom stereocenters. The molecule has 16 heavy (non-hydrogen) atoms. The van der Waals surface area contributed by atoms with Crippen LogP contribution >= 0.6 is 35.0 Å². The van der Waals surface area contributed by atoms with E-state index < -0.39 is 11.4 Å². The summed E-state index contributed by atoms with van der Waals surface area (Å²) in [6.07, 6.45) is 1.72. The Bertz CT molecular complexity index is 629. The smallest absolute Gasteiger partial charge is 0.261 e. The lowest BCUT2D eigenvalue weighted by molar-refractivity contribution is 0.635. The fourth-order valence-electron chi connectivity index (χ4n) is 1.29. The fraction of sp³-hybridized carbons (Fsp3) is 0.111. The molecule has 0 aliphatic rings. The summed E-state index contributed by atoms with van der Waals surface area (Å²) in [5, 5.41) is 0.265. The van der Waals surface area contributed by atoms with Crippen LogP contribution in [0.4, 0.5) is 4.39 Å². The van der Waals surface area contributed by atoms with Crippen molar-refractivity contribution in [3.05, 3.63) is 32.3 Å². The highest BCUT2D eigenvalue weighted by molar-refractivity contribution is 7.98. The number of nitrogens with one attached hydrogen (secondary N) is 1. The Morgan fingerprint density at radius 1 is 1.44 bits per heavy atom. The van der Waals surface area contributed by atoms with Crippen molar-refractivity contribution in [2.24, 2.45) is 0 Å². The third-order valence-electron chi connectivity index (χ3n) is 2.00. The first-order valence-electron chi connectivity index (χ1n) is 4.16. The van der Waals surface area contributed by atoms with E-state index in [4.69, 9.17) is 23.2 Å². The zero-order valence-electron chi connectivity index (χ0n) is 7.97. The van der Waals surface area contributed by atoms with E-state index in [9.17, 15) is 9.18 Å². The van der Waals surface area contributed by atoms with Crippen LogP contribution in [-0.2, 0) is 0 Å². The normalized spacial score (nSPS) is 11.0. The minimum absolute atomic E-state index is 0.0152. The molecule has 3 nitrogen and oxygen atoms in total. The summed E-state index contributed by atoms with van der Waals surface area (Å²) in [7, 11) is 0. The summed E-state index contributed by atoms with van der Waals surface area (Å²) in [6.45, 7) is 0. The van der Waals surface area contributed by atoms with Gasteiger partial charge in [-0.15, -0.1) is 0 Å². The van der Waals surface area contributed by atoms with E-state index in [-0.39, 0.29) is 20.9 Å². The summed E-state index contributed by atoms with van der Waals surface area (Å²) < 4.78 is 13.7. The minimum atomic E-state index is -0.734. The second-order valence-corrected chi connectivity index (χ2v) is 4.56. The maximum Gasteiger partial charge on any atom is 0.261 e. The second kappa shape index (κ2) is 4.24. The van der Waals surface area contributed by atoms with Crippen LogP contribution in [0.15, 0.2) is 16.0 Å². The van der Waals surface area contributed by atoms with Gasteiger partial charge in [0, 0.05) is 0 Å². The Hall–Kier alpha value is -0.780. The van der Waals surface area contributed by atoms with Gasteiger partial charge in [-0.05, 0) is 12.3 Å². The molecule has 0 spiro atoms. The van der Waals surface area contributed by atoms with Gasteiger partial charge in [-0.25, -0.2) is 9.37 Å². The average molecular weight is 279 g/mol. The van der Waals surface area contributed by atoms with E-state index in [1.54, 1.807) is 6.26 Å². The SMILES string of the molecule is CSc1nc2c(F)c(Cl)cc(Cl)c2c(=O)[nH]1. The molecule has 7 heteroatoms. The first-order valence-corrected chi connectivity index (χ1v) is 6.14. The molecular weight excluding hydrogens is 274 g/mol. The Labute approximate surface area is 104 Å². The van der Waals surface area contributed by atoms with Gasteiger partial charge < -0.3 is 4.98 Å². The molecule has 1 N–H and O–H groups in total. The zero-order chi connectivity index (χ0) is 11.9. The number of aromatic nitrogens is 2. The quantitative estimate of drug-likeness (QED) is 0.495. The summed E-state index contributed by atoms with van der Waals surface area (Å²) in [6, 6.07) is 1.19. The van der Waals surface area contributed by atoms with E-state index in [1.807, 2.05) is 0 Å². The van der Waals surface area contributed by atoms with Crippen LogP contribution < -0.4 is 5.56 Å². The second-order valence-electron chi connectivity index (χ2n) is 2.95. The van der Waals surface area contributed by atoms with Crippen molar-refractivity contribution in [3.63, 3.8) is 0 Å². The highest BCUT2D eigenvalue weighted by Crippen LogP contribution is 2.28. The number of rotatable bonds is 1. The number of H-pyrrole nitrogens is 1. The molecule has 0 aliphatic carbocycles. The third kappa shape index (κ3) is 1.79. The highest BCUT2D eigenvalue weighted by Gasteiger charge is 2.15. The maximum atomic E-state index is 13.7. The number of aromatic amines is 1. The molecule has 0 fully saturated rings. The Balaban J connectivity index is 3.00. The van der Waals surface area contributed by atoms with Gasteiger partial charge in [-0.3, -0.25) is 4.79 Å². The molecule has 1 aromatic heterocycles. The van der Waals surface area contributed by atoms with Crippen molar-refractivity contribution in [3.8, 4) is 0 Å². The van der Waals surface area contributed by atoms with Crippen LogP contribution in [0.25, 0.3) is 10.9 Å². The van der Waals surface area contributed by atoms with Crippen molar-refractivity contribution in [1.29, 1.82) is 0 Å². The monoisotopic (exact) mass is 278 g/mol. The van der Waals surface area contributed by atoms with Gasteiger partial charge in [0.2, 0.25) is 0 Å². The van der Waals surface area contributed by atoms with Crippen LogP contribution in [0.1, 0.15) is 0 Å². The molecule has 1 aromatic carbocycles. The Morgan fingerprint density at radius 2 is 2.12 bits per heavy atom. The van der Waals surface area contributed by atoms with Crippen LogP contribution in [0.3, 0.4) is 0 Å². The van der Waals surface area contributed by atoms with Crippen molar-refractivity contribution < 1.29 is 4.39 Å². The lowest BCUT2D eigenvalue weighted by Crippen LogP contribution is -2.10. The molecule has 2 rings (SSSR count). The van der Waals surface area contributed by atoms with E-state index in [2.05, 4.69) is 9.97 Å². The average Bonchev–Trinajstić information content (AvgIpc) is 2.24. The largest absolute Gasteiger partial charge is 0.301 e. The first-order chi connectivity index (χ1) is 7.54. The first kappa shape index (κ1) is 11.7. The highest BCUT2D eigenvalue weighted by atomic mass is 35.5.